The SMILES string of the molecule is CC1CCCC(Nc2nc[nH]c(=O)c2I)CC1. The second-order valence-electron chi connectivity index (χ2n) is 4.85. The molecular formula is C12H18IN3O. The van der Waals surface area contributed by atoms with Crippen molar-refractivity contribution < 1.29 is 0 Å². The van der Waals surface area contributed by atoms with Crippen LogP contribution in [0.2, 0.25) is 0 Å². The van der Waals surface area contributed by atoms with Gasteiger partial charge in [0, 0.05) is 6.04 Å². The maximum atomic E-state index is 11.5. The summed E-state index contributed by atoms with van der Waals surface area (Å²) < 4.78 is 0.655. The number of rotatable bonds is 2. The summed E-state index contributed by atoms with van der Waals surface area (Å²) in [7, 11) is 0. The number of nitrogens with zero attached hydrogens (tertiary/aromatic N) is 1. The Kier molecular flexibility index (Phi) is 4.42. The summed E-state index contributed by atoms with van der Waals surface area (Å²) in [5.41, 5.74) is -0.0647. The Morgan fingerprint density at radius 1 is 1.41 bits per heavy atom. The second-order valence-corrected chi connectivity index (χ2v) is 5.93. The molecule has 94 valence electrons. The number of aromatic amines is 1. The summed E-state index contributed by atoms with van der Waals surface area (Å²) in [6.45, 7) is 2.32. The Hall–Kier alpha value is -0.590. The lowest BCUT2D eigenvalue weighted by Gasteiger charge is -2.17. The van der Waals surface area contributed by atoms with Gasteiger partial charge in [-0.05, 0) is 47.8 Å². The van der Waals surface area contributed by atoms with Crippen molar-refractivity contribution in [1.82, 2.24) is 9.97 Å². The minimum absolute atomic E-state index is 0.0647. The molecule has 0 spiro atoms. The van der Waals surface area contributed by atoms with Crippen molar-refractivity contribution in [1.29, 1.82) is 0 Å². The smallest absolute Gasteiger partial charge is 0.266 e. The molecule has 0 bridgehead atoms. The van der Waals surface area contributed by atoms with Crippen LogP contribution in [0.25, 0.3) is 0 Å². The number of halogens is 1. The van der Waals surface area contributed by atoms with Crippen molar-refractivity contribution in [3.05, 3.63) is 20.3 Å². The van der Waals surface area contributed by atoms with Crippen molar-refractivity contribution in [2.45, 2.75) is 45.1 Å². The van der Waals surface area contributed by atoms with E-state index in [1.54, 1.807) is 0 Å². The van der Waals surface area contributed by atoms with Crippen LogP contribution in [-0.2, 0) is 0 Å². The van der Waals surface area contributed by atoms with E-state index in [2.05, 4.69) is 22.2 Å². The molecule has 5 heteroatoms. The Bertz CT molecular complexity index is 432. The molecule has 4 nitrogen and oxygen atoms in total. The van der Waals surface area contributed by atoms with Crippen LogP contribution >= 0.6 is 22.6 Å². The molecule has 2 atom stereocenters. The highest BCUT2D eigenvalue weighted by molar-refractivity contribution is 14.1. The van der Waals surface area contributed by atoms with Crippen LogP contribution in [0.4, 0.5) is 5.82 Å². The fourth-order valence-corrected chi connectivity index (χ4v) is 2.76. The summed E-state index contributed by atoms with van der Waals surface area (Å²) in [5, 5.41) is 3.41. The van der Waals surface area contributed by atoms with Gasteiger partial charge in [-0.15, -0.1) is 0 Å². The van der Waals surface area contributed by atoms with E-state index in [1.807, 2.05) is 22.6 Å². The third kappa shape index (κ3) is 3.43. The lowest BCUT2D eigenvalue weighted by Crippen LogP contribution is -2.23. The highest BCUT2D eigenvalue weighted by atomic mass is 127. The molecular weight excluding hydrogens is 329 g/mol. The first-order valence-corrected chi connectivity index (χ1v) is 7.24. The van der Waals surface area contributed by atoms with Gasteiger partial charge in [-0.1, -0.05) is 19.8 Å². The summed E-state index contributed by atoms with van der Waals surface area (Å²) >= 11 is 2.05. The molecule has 1 aromatic heterocycles. The van der Waals surface area contributed by atoms with Gasteiger partial charge in [-0.3, -0.25) is 4.79 Å². The van der Waals surface area contributed by atoms with Gasteiger partial charge in [-0.2, -0.15) is 0 Å². The van der Waals surface area contributed by atoms with Gasteiger partial charge >= 0.3 is 0 Å². The number of aromatic nitrogens is 2. The van der Waals surface area contributed by atoms with E-state index in [9.17, 15) is 4.79 Å². The fraction of sp³-hybridized carbons (Fsp3) is 0.667. The van der Waals surface area contributed by atoms with Crippen LogP contribution in [-0.4, -0.2) is 16.0 Å². The number of nitrogens with one attached hydrogen (secondary N) is 2. The van der Waals surface area contributed by atoms with Gasteiger partial charge in [0.2, 0.25) is 0 Å². The van der Waals surface area contributed by atoms with Gasteiger partial charge in [0.15, 0.2) is 0 Å². The molecule has 0 radical (unpaired) electrons. The first-order valence-electron chi connectivity index (χ1n) is 6.16. The molecule has 1 saturated carbocycles. The summed E-state index contributed by atoms with van der Waals surface area (Å²) in [6.07, 6.45) is 7.65. The number of hydrogen-bond donors (Lipinski definition) is 2. The average molecular weight is 347 g/mol. The van der Waals surface area contributed by atoms with E-state index in [1.165, 1.54) is 38.4 Å². The minimum atomic E-state index is -0.0647. The molecule has 2 N–H and O–H groups in total. The van der Waals surface area contributed by atoms with Crippen LogP contribution < -0.4 is 10.9 Å². The van der Waals surface area contributed by atoms with Crippen LogP contribution in [0, 0.1) is 9.49 Å². The Morgan fingerprint density at radius 2 is 2.24 bits per heavy atom. The second kappa shape index (κ2) is 5.84. The van der Waals surface area contributed by atoms with Crippen molar-refractivity contribution in [2.75, 3.05) is 5.32 Å². The predicted octanol–water partition coefficient (Wildman–Crippen LogP) is 2.76. The zero-order valence-corrected chi connectivity index (χ0v) is 12.2. The first kappa shape index (κ1) is 12.9. The number of anilines is 1. The molecule has 1 aliphatic rings. The van der Waals surface area contributed by atoms with Gasteiger partial charge in [0.05, 0.1) is 6.33 Å². The van der Waals surface area contributed by atoms with Gasteiger partial charge < -0.3 is 10.3 Å². The Labute approximate surface area is 115 Å². The summed E-state index contributed by atoms with van der Waals surface area (Å²) in [5.74, 6) is 1.56. The third-order valence-corrected chi connectivity index (χ3v) is 4.40. The van der Waals surface area contributed by atoms with E-state index in [0.29, 0.717) is 9.61 Å². The lowest BCUT2D eigenvalue weighted by molar-refractivity contribution is 0.501. The van der Waals surface area contributed by atoms with Crippen LogP contribution in [0.3, 0.4) is 0 Å². The predicted molar refractivity (Wildman–Crippen MR) is 77.2 cm³/mol. The number of H-pyrrole nitrogens is 1. The monoisotopic (exact) mass is 347 g/mol. The van der Waals surface area contributed by atoms with E-state index in [4.69, 9.17) is 0 Å². The van der Waals surface area contributed by atoms with Crippen molar-refractivity contribution in [2.24, 2.45) is 5.92 Å². The largest absolute Gasteiger partial charge is 0.366 e. The highest BCUT2D eigenvalue weighted by Gasteiger charge is 2.17. The molecule has 0 saturated heterocycles. The summed E-state index contributed by atoms with van der Waals surface area (Å²) in [6, 6.07) is 0.461. The van der Waals surface area contributed by atoms with E-state index in [-0.39, 0.29) is 5.56 Å². The topological polar surface area (TPSA) is 57.8 Å². The van der Waals surface area contributed by atoms with Crippen molar-refractivity contribution >= 4 is 28.4 Å². The fourth-order valence-electron chi connectivity index (χ4n) is 2.31. The minimum Gasteiger partial charge on any atom is -0.366 e. The van der Waals surface area contributed by atoms with Gasteiger partial charge in [0.1, 0.15) is 9.39 Å². The lowest BCUT2D eigenvalue weighted by atomic mass is 10.0. The molecule has 1 aliphatic carbocycles. The van der Waals surface area contributed by atoms with Crippen molar-refractivity contribution in [3.63, 3.8) is 0 Å². The van der Waals surface area contributed by atoms with Crippen LogP contribution in [0.5, 0.6) is 0 Å². The van der Waals surface area contributed by atoms with Crippen LogP contribution in [0.1, 0.15) is 39.0 Å². The molecule has 1 aromatic rings. The molecule has 1 fully saturated rings. The Balaban J connectivity index is 2.05. The van der Waals surface area contributed by atoms with Crippen molar-refractivity contribution in [3.8, 4) is 0 Å². The standard InChI is InChI=1S/C12H18IN3O/c1-8-3-2-4-9(6-5-8)16-11-10(13)12(17)15-7-14-11/h7-9H,2-6H2,1H3,(H2,14,15,16,17). The number of hydrogen-bond acceptors (Lipinski definition) is 3. The third-order valence-electron chi connectivity index (χ3n) is 3.39. The maximum Gasteiger partial charge on any atom is 0.266 e. The zero-order chi connectivity index (χ0) is 12.3. The molecule has 1 heterocycles. The van der Waals surface area contributed by atoms with E-state index < -0.39 is 0 Å². The normalized spacial score (nSPS) is 25.3. The molecule has 0 aliphatic heterocycles. The molecule has 2 unspecified atom stereocenters. The van der Waals surface area contributed by atoms with E-state index in [0.717, 1.165) is 11.7 Å². The van der Waals surface area contributed by atoms with Gasteiger partial charge in [-0.25, -0.2) is 4.98 Å². The summed E-state index contributed by atoms with van der Waals surface area (Å²) in [4.78, 5) is 18.2. The van der Waals surface area contributed by atoms with Gasteiger partial charge in [0.25, 0.3) is 5.56 Å². The molecule has 0 aromatic carbocycles. The maximum absolute atomic E-state index is 11.5. The molecule has 2 rings (SSSR count). The van der Waals surface area contributed by atoms with Crippen LogP contribution in [0.15, 0.2) is 11.1 Å². The average Bonchev–Trinajstić information content (AvgIpc) is 2.50. The molecule has 0 amide bonds. The quantitative estimate of drug-likeness (QED) is 0.639. The molecule has 17 heavy (non-hydrogen) atoms. The van der Waals surface area contributed by atoms with E-state index >= 15 is 0 Å². The highest BCUT2D eigenvalue weighted by Crippen LogP contribution is 2.25. The first-order chi connectivity index (χ1) is 8.16. The zero-order valence-electron chi connectivity index (χ0n) is 10.0. The Morgan fingerprint density at radius 3 is 3.06 bits per heavy atom.